The van der Waals surface area contributed by atoms with Crippen LogP contribution >= 0.6 is 0 Å². The number of rotatable bonds is 1. The van der Waals surface area contributed by atoms with Crippen molar-refractivity contribution in [1.29, 1.82) is 0 Å². The molecule has 1 aromatic rings. The number of cyclic esters (lactones) is 1. The summed E-state index contributed by atoms with van der Waals surface area (Å²) in [6.07, 6.45) is -0.204. The number of aryl methyl sites for hydroxylation is 1. The molecule has 0 bridgehead atoms. The van der Waals surface area contributed by atoms with Gasteiger partial charge in [-0.2, -0.15) is 0 Å². The van der Waals surface area contributed by atoms with Gasteiger partial charge in [-0.15, -0.1) is 0 Å². The maximum atomic E-state index is 11.2. The Morgan fingerprint density at radius 3 is 3.00 bits per heavy atom. The molecule has 1 atom stereocenters. The third kappa shape index (κ3) is 1.21. The van der Waals surface area contributed by atoms with Crippen LogP contribution in [-0.4, -0.2) is 11.1 Å². The smallest absolute Gasteiger partial charge is 0.341 e. The number of ether oxygens (including phenoxy) is 1. The molecular weight excluding hydrogens is 168 g/mol. The van der Waals surface area contributed by atoms with Crippen molar-refractivity contribution in [1.82, 2.24) is 0 Å². The van der Waals surface area contributed by atoms with Gasteiger partial charge in [-0.3, -0.25) is 0 Å². The van der Waals surface area contributed by atoms with Crippen LogP contribution < -0.4 is 0 Å². The number of carbonyl (C=O) groups is 1. The summed E-state index contributed by atoms with van der Waals surface area (Å²) < 4.78 is 4.65. The molecule has 1 aliphatic heterocycles. The fourth-order valence-corrected chi connectivity index (χ4v) is 1.44. The molecule has 2 rings (SSSR count). The summed E-state index contributed by atoms with van der Waals surface area (Å²) in [7, 11) is 0. The highest BCUT2D eigenvalue weighted by Gasteiger charge is 2.28. The SMILES string of the molecule is CCc1ccc2c(c1)C(=O)OC2O. The third-order valence-corrected chi connectivity index (χ3v) is 2.23. The van der Waals surface area contributed by atoms with Gasteiger partial charge in [0.05, 0.1) is 5.56 Å². The van der Waals surface area contributed by atoms with Crippen molar-refractivity contribution >= 4 is 5.97 Å². The van der Waals surface area contributed by atoms with Crippen molar-refractivity contribution in [2.45, 2.75) is 19.6 Å². The van der Waals surface area contributed by atoms with Crippen molar-refractivity contribution in [2.24, 2.45) is 0 Å². The average Bonchev–Trinajstić information content (AvgIpc) is 2.42. The van der Waals surface area contributed by atoms with E-state index >= 15 is 0 Å². The van der Waals surface area contributed by atoms with Crippen molar-refractivity contribution in [3.05, 3.63) is 34.9 Å². The molecular formula is C10H10O3. The van der Waals surface area contributed by atoms with Gasteiger partial charge in [0, 0.05) is 5.56 Å². The van der Waals surface area contributed by atoms with Gasteiger partial charge >= 0.3 is 5.97 Å². The standard InChI is InChI=1S/C10H10O3/c1-2-6-3-4-7-8(5-6)10(12)13-9(7)11/h3-5,9,11H,2H2,1H3. The topological polar surface area (TPSA) is 46.5 Å². The Balaban J connectivity index is 2.52. The van der Waals surface area contributed by atoms with E-state index in [1.165, 1.54) is 0 Å². The molecule has 0 radical (unpaired) electrons. The lowest BCUT2D eigenvalue weighted by molar-refractivity contribution is -0.0547. The highest BCUT2D eigenvalue weighted by Crippen LogP contribution is 2.28. The summed E-state index contributed by atoms with van der Waals surface area (Å²) in [5.74, 6) is -0.433. The predicted molar refractivity (Wildman–Crippen MR) is 46.2 cm³/mol. The molecule has 0 amide bonds. The Hall–Kier alpha value is -1.35. The van der Waals surface area contributed by atoms with Gasteiger partial charge in [-0.1, -0.05) is 19.1 Å². The summed E-state index contributed by atoms with van der Waals surface area (Å²) in [4.78, 5) is 11.2. The van der Waals surface area contributed by atoms with Crippen LogP contribution in [0.3, 0.4) is 0 Å². The van der Waals surface area contributed by atoms with Crippen LogP contribution in [0, 0.1) is 0 Å². The van der Waals surface area contributed by atoms with E-state index in [2.05, 4.69) is 4.74 Å². The number of aliphatic hydroxyl groups is 1. The second-order valence-electron chi connectivity index (χ2n) is 3.03. The highest BCUT2D eigenvalue weighted by atomic mass is 16.6. The fourth-order valence-electron chi connectivity index (χ4n) is 1.44. The van der Waals surface area contributed by atoms with Crippen molar-refractivity contribution in [3.63, 3.8) is 0 Å². The summed E-state index contributed by atoms with van der Waals surface area (Å²) in [5.41, 5.74) is 2.14. The Kier molecular flexibility index (Phi) is 1.81. The lowest BCUT2D eigenvalue weighted by Crippen LogP contribution is -1.96. The van der Waals surface area contributed by atoms with Gasteiger partial charge in [-0.25, -0.2) is 4.79 Å². The lowest BCUT2D eigenvalue weighted by Gasteiger charge is -2.01. The van der Waals surface area contributed by atoms with Crippen LogP contribution in [0.15, 0.2) is 18.2 Å². The summed E-state index contributed by atoms with van der Waals surface area (Å²) in [6.45, 7) is 2.01. The van der Waals surface area contributed by atoms with E-state index in [1.54, 1.807) is 12.1 Å². The first-order valence-electron chi connectivity index (χ1n) is 4.24. The van der Waals surface area contributed by atoms with E-state index in [1.807, 2.05) is 13.0 Å². The monoisotopic (exact) mass is 178 g/mol. The van der Waals surface area contributed by atoms with Crippen LogP contribution in [0.1, 0.15) is 34.7 Å². The molecule has 3 nitrogen and oxygen atoms in total. The Morgan fingerprint density at radius 1 is 1.54 bits per heavy atom. The first kappa shape index (κ1) is 8.26. The lowest BCUT2D eigenvalue weighted by atomic mass is 10.0. The molecule has 1 unspecified atom stereocenters. The summed E-state index contributed by atoms with van der Waals surface area (Å²) in [6, 6.07) is 5.40. The minimum Gasteiger partial charge on any atom is -0.428 e. The van der Waals surface area contributed by atoms with Crippen molar-refractivity contribution in [2.75, 3.05) is 0 Å². The van der Waals surface area contributed by atoms with Crippen LogP contribution in [0.4, 0.5) is 0 Å². The van der Waals surface area contributed by atoms with Gasteiger partial charge in [0.2, 0.25) is 6.29 Å². The maximum Gasteiger partial charge on any atom is 0.341 e. The molecule has 0 saturated carbocycles. The Morgan fingerprint density at radius 2 is 2.31 bits per heavy atom. The molecule has 0 fully saturated rings. The van der Waals surface area contributed by atoms with E-state index < -0.39 is 12.3 Å². The Labute approximate surface area is 76.0 Å². The van der Waals surface area contributed by atoms with E-state index in [4.69, 9.17) is 0 Å². The molecule has 1 aliphatic rings. The van der Waals surface area contributed by atoms with Crippen LogP contribution in [0.2, 0.25) is 0 Å². The normalized spacial score (nSPS) is 19.8. The van der Waals surface area contributed by atoms with Crippen LogP contribution in [0.25, 0.3) is 0 Å². The van der Waals surface area contributed by atoms with Gasteiger partial charge in [0.1, 0.15) is 0 Å². The Bertz CT molecular complexity index is 357. The number of esters is 1. The molecule has 1 aromatic carbocycles. The molecule has 1 heterocycles. The van der Waals surface area contributed by atoms with E-state index in [-0.39, 0.29) is 0 Å². The van der Waals surface area contributed by atoms with E-state index in [0.717, 1.165) is 12.0 Å². The minimum atomic E-state index is -1.08. The average molecular weight is 178 g/mol. The molecule has 1 N–H and O–H groups in total. The molecule has 68 valence electrons. The molecule has 3 heteroatoms. The number of hydrogen-bond donors (Lipinski definition) is 1. The van der Waals surface area contributed by atoms with Crippen LogP contribution in [0.5, 0.6) is 0 Å². The van der Waals surface area contributed by atoms with Gasteiger partial charge < -0.3 is 9.84 Å². The number of benzene rings is 1. The zero-order valence-electron chi connectivity index (χ0n) is 7.28. The van der Waals surface area contributed by atoms with Gasteiger partial charge in [0.25, 0.3) is 0 Å². The predicted octanol–water partition coefficient (Wildman–Crippen LogP) is 1.41. The first-order valence-corrected chi connectivity index (χ1v) is 4.24. The molecule has 0 spiro atoms. The van der Waals surface area contributed by atoms with E-state index in [9.17, 15) is 9.90 Å². The number of fused-ring (bicyclic) bond motifs is 1. The second kappa shape index (κ2) is 2.85. The quantitative estimate of drug-likeness (QED) is 0.661. The number of carbonyl (C=O) groups excluding carboxylic acids is 1. The highest BCUT2D eigenvalue weighted by molar-refractivity contribution is 5.94. The minimum absolute atomic E-state index is 0.433. The van der Waals surface area contributed by atoms with E-state index in [0.29, 0.717) is 11.1 Å². The number of hydrogen-bond acceptors (Lipinski definition) is 3. The third-order valence-electron chi connectivity index (χ3n) is 2.23. The number of aliphatic hydroxyl groups excluding tert-OH is 1. The van der Waals surface area contributed by atoms with Crippen molar-refractivity contribution < 1.29 is 14.6 Å². The molecule has 0 aromatic heterocycles. The van der Waals surface area contributed by atoms with Crippen LogP contribution in [-0.2, 0) is 11.2 Å². The largest absolute Gasteiger partial charge is 0.428 e. The van der Waals surface area contributed by atoms with Crippen molar-refractivity contribution in [3.8, 4) is 0 Å². The second-order valence-corrected chi connectivity index (χ2v) is 3.03. The zero-order chi connectivity index (χ0) is 9.42. The molecule has 0 saturated heterocycles. The fraction of sp³-hybridized carbons (Fsp3) is 0.300. The summed E-state index contributed by atoms with van der Waals surface area (Å²) >= 11 is 0. The summed E-state index contributed by atoms with van der Waals surface area (Å²) in [5, 5.41) is 9.27. The van der Waals surface area contributed by atoms with Gasteiger partial charge in [0.15, 0.2) is 0 Å². The first-order chi connectivity index (χ1) is 6.22. The molecule has 13 heavy (non-hydrogen) atoms. The zero-order valence-corrected chi connectivity index (χ0v) is 7.28. The molecule has 0 aliphatic carbocycles. The maximum absolute atomic E-state index is 11.2. The van der Waals surface area contributed by atoms with Gasteiger partial charge in [-0.05, 0) is 18.1 Å².